The largest absolute Gasteiger partial charge is 0.352 e. The van der Waals surface area contributed by atoms with Crippen molar-refractivity contribution >= 4 is 40.9 Å². The molecule has 23 heavy (non-hydrogen) atoms. The molecule has 0 aromatic heterocycles. The molecule has 2 rings (SSSR count). The molecule has 1 aromatic carbocycles. The van der Waals surface area contributed by atoms with E-state index in [1.165, 1.54) is 19.1 Å². The second-order valence-electron chi connectivity index (χ2n) is 5.49. The fraction of sp³-hybridized carbons (Fsp3) is 0.438. The molecular formula is C16H18Cl2N2O3. The van der Waals surface area contributed by atoms with Crippen LogP contribution in [0.3, 0.4) is 0 Å². The Morgan fingerprint density at radius 3 is 1.91 bits per heavy atom. The summed E-state index contributed by atoms with van der Waals surface area (Å²) in [4.78, 5) is 38.2. The van der Waals surface area contributed by atoms with Gasteiger partial charge in [-0.2, -0.15) is 0 Å². The van der Waals surface area contributed by atoms with E-state index in [1.54, 1.807) is 0 Å². The second-order valence-corrected chi connectivity index (χ2v) is 6.30. The number of amides is 3. The van der Waals surface area contributed by atoms with Crippen molar-refractivity contribution < 1.29 is 14.4 Å². The van der Waals surface area contributed by atoms with Crippen LogP contribution in [0.4, 0.5) is 0 Å². The van der Waals surface area contributed by atoms with Crippen LogP contribution in [0.15, 0.2) is 12.1 Å². The van der Waals surface area contributed by atoms with Crippen molar-refractivity contribution in [2.24, 2.45) is 0 Å². The van der Waals surface area contributed by atoms with Crippen LogP contribution in [0, 0.1) is 0 Å². The molecule has 7 heteroatoms. The highest BCUT2D eigenvalue weighted by Crippen LogP contribution is 2.32. The molecule has 5 nitrogen and oxygen atoms in total. The van der Waals surface area contributed by atoms with Gasteiger partial charge in [-0.15, -0.1) is 0 Å². The van der Waals surface area contributed by atoms with Crippen LogP contribution in [-0.4, -0.2) is 34.7 Å². The highest BCUT2D eigenvalue weighted by atomic mass is 35.5. The summed E-state index contributed by atoms with van der Waals surface area (Å²) in [7, 11) is 0. The lowest BCUT2D eigenvalue weighted by molar-refractivity contribution is -0.125. The fourth-order valence-electron chi connectivity index (χ4n) is 2.54. The minimum absolute atomic E-state index is 0.0176. The van der Waals surface area contributed by atoms with Gasteiger partial charge in [-0.25, -0.2) is 0 Å². The minimum Gasteiger partial charge on any atom is -0.352 e. The standard InChI is InChI=1S/C16H18Cl2N2O3/c1-4-9(5-2)19-14(21)8(3)20-15(22)10-6-12(17)13(18)7-11(10)16(20)23/h6-9H,4-5H2,1-3H3,(H,19,21). The molecule has 1 atom stereocenters. The summed E-state index contributed by atoms with van der Waals surface area (Å²) in [6, 6.07) is 1.85. The number of carbonyl (C=O) groups is 3. The zero-order valence-electron chi connectivity index (χ0n) is 13.2. The molecule has 3 amide bonds. The van der Waals surface area contributed by atoms with Crippen LogP contribution in [-0.2, 0) is 4.79 Å². The Bertz CT molecular complexity index is 631. The number of hydrogen-bond acceptors (Lipinski definition) is 3. The molecule has 0 saturated carbocycles. The van der Waals surface area contributed by atoms with Gasteiger partial charge in [0.25, 0.3) is 11.8 Å². The first-order chi connectivity index (χ1) is 10.8. The van der Waals surface area contributed by atoms with E-state index in [9.17, 15) is 14.4 Å². The number of nitrogens with zero attached hydrogens (tertiary/aromatic N) is 1. The molecule has 0 fully saturated rings. The first-order valence-electron chi connectivity index (χ1n) is 7.49. The summed E-state index contributed by atoms with van der Waals surface area (Å²) in [5.41, 5.74) is 0.346. The average molecular weight is 357 g/mol. The third-order valence-electron chi connectivity index (χ3n) is 4.06. The van der Waals surface area contributed by atoms with Crippen LogP contribution in [0.5, 0.6) is 0 Å². The lowest BCUT2D eigenvalue weighted by atomic mass is 10.1. The molecular weight excluding hydrogens is 339 g/mol. The van der Waals surface area contributed by atoms with E-state index in [4.69, 9.17) is 23.2 Å². The zero-order chi connectivity index (χ0) is 17.3. The lowest BCUT2D eigenvalue weighted by Crippen LogP contribution is -2.50. The molecule has 0 saturated heterocycles. The SMILES string of the molecule is CCC(CC)NC(=O)C(C)N1C(=O)c2cc(Cl)c(Cl)cc2C1=O. The Labute approximate surface area is 144 Å². The van der Waals surface area contributed by atoms with Crippen LogP contribution in [0.2, 0.25) is 10.0 Å². The number of carbonyl (C=O) groups excluding carboxylic acids is 3. The molecule has 1 aliphatic rings. The highest BCUT2D eigenvalue weighted by molar-refractivity contribution is 6.43. The maximum Gasteiger partial charge on any atom is 0.262 e. The highest BCUT2D eigenvalue weighted by Gasteiger charge is 2.41. The van der Waals surface area contributed by atoms with Gasteiger partial charge in [0.2, 0.25) is 5.91 Å². The van der Waals surface area contributed by atoms with E-state index in [-0.39, 0.29) is 33.1 Å². The number of rotatable bonds is 5. The summed E-state index contributed by atoms with van der Waals surface area (Å²) >= 11 is 11.8. The minimum atomic E-state index is -0.902. The number of hydrogen-bond donors (Lipinski definition) is 1. The van der Waals surface area contributed by atoms with E-state index in [0.29, 0.717) is 0 Å². The maximum atomic E-state index is 12.5. The van der Waals surface area contributed by atoms with E-state index in [0.717, 1.165) is 17.7 Å². The summed E-state index contributed by atoms with van der Waals surface area (Å²) in [5, 5.41) is 3.24. The van der Waals surface area contributed by atoms with Gasteiger partial charge in [-0.1, -0.05) is 37.0 Å². The molecule has 1 unspecified atom stereocenters. The van der Waals surface area contributed by atoms with Gasteiger partial charge in [0.05, 0.1) is 21.2 Å². The van der Waals surface area contributed by atoms with E-state index >= 15 is 0 Å². The van der Waals surface area contributed by atoms with Crippen LogP contribution < -0.4 is 5.32 Å². The normalized spacial score (nSPS) is 15.1. The molecule has 0 spiro atoms. The molecule has 1 heterocycles. The quantitative estimate of drug-likeness (QED) is 0.823. The summed E-state index contributed by atoms with van der Waals surface area (Å²) < 4.78 is 0. The topological polar surface area (TPSA) is 66.5 Å². The van der Waals surface area contributed by atoms with Gasteiger partial charge >= 0.3 is 0 Å². The molecule has 124 valence electrons. The van der Waals surface area contributed by atoms with Crippen LogP contribution in [0.1, 0.15) is 54.3 Å². The smallest absolute Gasteiger partial charge is 0.262 e. The molecule has 1 N–H and O–H groups in total. The predicted molar refractivity (Wildman–Crippen MR) is 88.9 cm³/mol. The van der Waals surface area contributed by atoms with Gasteiger partial charge in [-0.3, -0.25) is 19.3 Å². The number of imide groups is 1. The molecule has 0 bridgehead atoms. The van der Waals surface area contributed by atoms with Crippen LogP contribution in [0.25, 0.3) is 0 Å². The van der Waals surface area contributed by atoms with Gasteiger partial charge in [0.1, 0.15) is 6.04 Å². The van der Waals surface area contributed by atoms with E-state index in [1.807, 2.05) is 13.8 Å². The Balaban J connectivity index is 2.26. The molecule has 0 radical (unpaired) electrons. The fourth-order valence-corrected chi connectivity index (χ4v) is 2.86. The molecule has 0 aliphatic carbocycles. The average Bonchev–Trinajstić information content (AvgIpc) is 2.76. The van der Waals surface area contributed by atoms with Crippen molar-refractivity contribution in [3.63, 3.8) is 0 Å². The van der Waals surface area contributed by atoms with Crippen molar-refractivity contribution in [2.45, 2.75) is 45.7 Å². The van der Waals surface area contributed by atoms with Gasteiger partial charge in [0.15, 0.2) is 0 Å². The summed E-state index contributed by atoms with van der Waals surface area (Å²) in [5.74, 6) is -1.42. The number of nitrogens with one attached hydrogen (secondary N) is 1. The monoisotopic (exact) mass is 356 g/mol. The van der Waals surface area contributed by atoms with E-state index < -0.39 is 17.9 Å². The first-order valence-corrected chi connectivity index (χ1v) is 8.24. The first kappa shape index (κ1) is 17.8. The van der Waals surface area contributed by atoms with Gasteiger partial charge < -0.3 is 5.32 Å². The Hall–Kier alpha value is -1.59. The van der Waals surface area contributed by atoms with Crippen molar-refractivity contribution in [3.8, 4) is 0 Å². The second kappa shape index (κ2) is 6.89. The summed E-state index contributed by atoms with van der Waals surface area (Å²) in [6.45, 7) is 5.46. The third-order valence-corrected chi connectivity index (χ3v) is 4.78. The van der Waals surface area contributed by atoms with Crippen molar-refractivity contribution in [1.82, 2.24) is 10.2 Å². The number of fused-ring (bicyclic) bond motifs is 1. The zero-order valence-corrected chi connectivity index (χ0v) is 14.7. The lowest BCUT2D eigenvalue weighted by Gasteiger charge is -2.24. The van der Waals surface area contributed by atoms with Gasteiger partial charge in [0, 0.05) is 6.04 Å². The number of halogens is 2. The summed E-state index contributed by atoms with van der Waals surface area (Å²) in [6.07, 6.45) is 1.56. The van der Waals surface area contributed by atoms with Crippen molar-refractivity contribution in [3.05, 3.63) is 33.3 Å². The third kappa shape index (κ3) is 3.21. The van der Waals surface area contributed by atoms with Gasteiger partial charge in [-0.05, 0) is 31.9 Å². The predicted octanol–water partition coefficient (Wildman–Crippen LogP) is 3.28. The van der Waals surface area contributed by atoms with Crippen molar-refractivity contribution in [1.29, 1.82) is 0 Å². The Kier molecular flexibility index (Phi) is 5.32. The molecule has 1 aliphatic heterocycles. The molecule has 1 aromatic rings. The van der Waals surface area contributed by atoms with Crippen LogP contribution >= 0.6 is 23.2 Å². The van der Waals surface area contributed by atoms with E-state index in [2.05, 4.69) is 5.32 Å². The van der Waals surface area contributed by atoms with Crippen molar-refractivity contribution in [2.75, 3.05) is 0 Å². The maximum absolute atomic E-state index is 12.5. The Morgan fingerprint density at radius 2 is 1.52 bits per heavy atom. The number of benzene rings is 1. The Morgan fingerprint density at radius 1 is 1.09 bits per heavy atom.